The quantitative estimate of drug-likeness (QED) is 0.617. The summed E-state index contributed by atoms with van der Waals surface area (Å²) in [5.74, 6) is -0.444. The minimum Gasteiger partial charge on any atom is -0.461 e. The van der Waals surface area contributed by atoms with Gasteiger partial charge in [0.2, 0.25) is 0 Å². The second-order valence-corrected chi connectivity index (χ2v) is 8.29. The van der Waals surface area contributed by atoms with Crippen LogP contribution in [0.3, 0.4) is 0 Å². The standard InChI is InChI=1S/C21H28N2O5S/c1-5-27-19(25)17-18(29-13-22-17)15-10-8-14(9-11-15)16(7-6-12-24)23-20(26)28-21(2,3)4/h8-11,13,16,24H,5-7,12H2,1-4H3,(H,23,26)/t16-/m0/s1. The number of thiazole rings is 1. The Labute approximate surface area is 175 Å². The first kappa shape index (κ1) is 22.8. The second-order valence-electron chi connectivity index (χ2n) is 7.44. The van der Waals surface area contributed by atoms with Crippen LogP contribution in [0.5, 0.6) is 0 Å². The van der Waals surface area contributed by atoms with Crippen molar-refractivity contribution in [3.8, 4) is 10.4 Å². The zero-order valence-corrected chi connectivity index (χ0v) is 18.0. The van der Waals surface area contributed by atoms with E-state index >= 15 is 0 Å². The van der Waals surface area contributed by atoms with Crippen molar-refractivity contribution >= 4 is 23.4 Å². The summed E-state index contributed by atoms with van der Waals surface area (Å²) in [6, 6.07) is 7.26. The molecule has 1 atom stereocenters. The number of hydrogen-bond donors (Lipinski definition) is 2. The molecule has 1 amide bonds. The van der Waals surface area contributed by atoms with Crippen LogP contribution in [-0.2, 0) is 9.47 Å². The van der Waals surface area contributed by atoms with Crippen molar-refractivity contribution in [2.75, 3.05) is 13.2 Å². The van der Waals surface area contributed by atoms with E-state index in [1.165, 1.54) is 11.3 Å². The molecule has 2 rings (SSSR count). The Morgan fingerprint density at radius 2 is 1.93 bits per heavy atom. The third-order valence-electron chi connectivity index (χ3n) is 3.95. The van der Waals surface area contributed by atoms with Gasteiger partial charge in [0, 0.05) is 6.61 Å². The molecule has 0 aliphatic carbocycles. The monoisotopic (exact) mass is 420 g/mol. The number of esters is 1. The molecule has 2 N–H and O–H groups in total. The number of alkyl carbamates (subject to hydrolysis) is 1. The summed E-state index contributed by atoms with van der Waals surface area (Å²) in [6.45, 7) is 7.50. The van der Waals surface area contributed by atoms with Gasteiger partial charge in [0.1, 0.15) is 5.60 Å². The number of amides is 1. The van der Waals surface area contributed by atoms with Gasteiger partial charge in [-0.05, 0) is 51.7 Å². The van der Waals surface area contributed by atoms with Gasteiger partial charge in [0.05, 0.1) is 23.0 Å². The van der Waals surface area contributed by atoms with Gasteiger partial charge < -0.3 is 19.9 Å². The summed E-state index contributed by atoms with van der Waals surface area (Å²) in [4.78, 5) is 29.1. The van der Waals surface area contributed by atoms with Gasteiger partial charge in [-0.1, -0.05) is 24.3 Å². The zero-order valence-electron chi connectivity index (χ0n) is 17.2. The molecule has 7 nitrogen and oxygen atoms in total. The SMILES string of the molecule is CCOC(=O)c1ncsc1-c1ccc([C@H](CCCO)NC(=O)OC(C)(C)C)cc1. The van der Waals surface area contributed by atoms with Gasteiger partial charge in [0.25, 0.3) is 0 Å². The largest absolute Gasteiger partial charge is 0.461 e. The fourth-order valence-corrected chi connectivity index (χ4v) is 3.51. The average Bonchev–Trinajstić information content (AvgIpc) is 3.14. The molecule has 0 saturated heterocycles. The van der Waals surface area contributed by atoms with Crippen LogP contribution in [0.25, 0.3) is 10.4 Å². The molecule has 0 aliphatic rings. The number of rotatable bonds is 8. The molecule has 158 valence electrons. The highest BCUT2D eigenvalue weighted by molar-refractivity contribution is 7.13. The van der Waals surface area contributed by atoms with E-state index in [-0.39, 0.29) is 19.3 Å². The predicted octanol–water partition coefficient (Wildman–Crippen LogP) is 4.33. The Bertz CT molecular complexity index is 811. The summed E-state index contributed by atoms with van der Waals surface area (Å²) < 4.78 is 10.4. The summed E-state index contributed by atoms with van der Waals surface area (Å²) in [6.07, 6.45) is 0.616. The number of nitrogens with zero attached hydrogens (tertiary/aromatic N) is 1. The Morgan fingerprint density at radius 3 is 2.52 bits per heavy atom. The van der Waals surface area contributed by atoms with Crippen molar-refractivity contribution < 1.29 is 24.2 Å². The van der Waals surface area contributed by atoms with Gasteiger partial charge in [-0.2, -0.15) is 0 Å². The third-order valence-corrected chi connectivity index (χ3v) is 4.83. The van der Waals surface area contributed by atoms with Crippen LogP contribution < -0.4 is 5.32 Å². The highest BCUT2D eigenvalue weighted by Gasteiger charge is 2.21. The van der Waals surface area contributed by atoms with E-state index < -0.39 is 17.7 Å². The molecule has 29 heavy (non-hydrogen) atoms. The number of aromatic nitrogens is 1. The number of aliphatic hydroxyl groups excluding tert-OH is 1. The Hall–Kier alpha value is -2.45. The predicted molar refractivity (Wildman–Crippen MR) is 112 cm³/mol. The maximum atomic E-state index is 12.2. The van der Waals surface area contributed by atoms with Crippen molar-refractivity contribution in [1.82, 2.24) is 10.3 Å². The molecule has 1 aromatic heterocycles. The molecule has 0 radical (unpaired) electrons. The van der Waals surface area contributed by atoms with Crippen molar-refractivity contribution in [1.29, 1.82) is 0 Å². The normalized spacial score (nSPS) is 12.3. The zero-order chi connectivity index (χ0) is 21.4. The van der Waals surface area contributed by atoms with Gasteiger partial charge in [0.15, 0.2) is 5.69 Å². The van der Waals surface area contributed by atoms with E-state index in [9.17, 15) is 14.7 Å². The Morgan fingerprint density at radius 1 is 1.24 bits per heavy atom. The number of hydrogen-bond acceptors (Lipinski definition) is 7. The van der Waals surface area contributed by atoms with E-state index in [1.54, 1.807) is 33.2 Å². The smallest absolute Gasteiger partial charge is 0.408 e. The van der Waals surface area contributed by atoms with Crippen molar-refractivity contribution in [3.63, 3.8) is 0 Å². The van der Waals surface area contributed by atoms with Crippen LogP contribution in [0, 0.1) is 0 Å². The summed E-state index contributed by atoms with van der Waals surface area (Å²) in [5, 5.41) is 12.1. The minimum atomic E-state index is -0.592. The molecule has 8 heteroatoms. The van der Waals surface area contributed by atoms with Crippen LogP contribution in [0.1, 0.15) is 62.6 Å². The first-order valence-electron chi connectivity index (χ1n) is 9.56. The van der Waals surface area contributed by atoms with Crippen LogP contribution in [0.2, 0.25) is 0 Å². The number of nitrogens with one attached hydrogen (secondary N) is 1. The molecule has 1 heterocycles. The number of carbonyl (C=O) groups excluding carboxylic acids is 2. The van der Waals surface area contributed by atoms with Crippen LogP contribution in [0.15, 0.2) is 29.8 Å². The Kier molecular flexibility index (Phi) is 8.16. The molecule has 0 unspecified atom stereocenters. The average molecular weight is 421 g/mol. The van der Waals surface area contributed by atoms with Crippen molar-refractivity contribution in [2.45, 2.75) is 52.2 Å². The van der Waals surface area contributed by atoms with Gasteiger partial charge >= 0.3 is 12.1 Å². The van der Waals surface area contributed by atoms with Crippen LogP contribution in [0.4, 0.5) is 4.79 Å². The van der Waals surface area contributed by atoms with E-state index in [2.05, 4.69) is 10.3 Å². The first-order chi connectivity index (χ1) is 13.7. The van der Waals surface area contributed by atoms with Gasteiger partial charge in [-0.15, -0.1) is 11.3 Å². The van der Waals surface area contributed by atoms with Crippen molar-refractivity contribution in [2.24, 2.45) is 0 Å². The third kappa shape index (κ3) is 6.83. The maximum Gasteiger partial charge on any atom is 0.408 e. The lowest BCUT2D eigenvalue weighted by Crippen LogP contribution is -2.35. The summed E-state index contributed by atoms with van der Waals surface area (Å²) in [5.41, 5.74) is 3.05. The lowest BCUT2D eigenvalue weighted by Gasteiger charge is -2.24. The van der Waals surface area contributed by atoms with E-state index in [0.717, 1.165) is 16.0 Å². The minimum absolute atomic E-state index is 0.0361. The number of benzene rings is 1. The van der Waals surface area contributed by atoms with E-state index in [1.807, 2.05) is 24.3 Å². The topological polar surface area (TPSA) is 97.8 Å². The fraction of sp³-hybridized carbons (Fsp3) is 0.476. The molecular formula is C21H28N2O5S. The van der Waals surface area contributed by atoms with Crippen LogP contribution >= 0.6 is 11.3 Å². The van der Waals surface area contributed by atoms with Crippen molar-refractivity contribution in [3.05, 3.63) is 41.0 Å². The number of carbonyl (C=O) groups is 2. The number of aliphatic hydroxyl groups is 1. The molecule has 0 fully saturated rings. The molecule has 0 aliphatic heterocycles. The summed E-state index contributed by atoms with van der Waals surface area (Å²) >= 11 is 1.37. The lowest BCUT2D eigenvalue weighted by molar-refractivity contribution is 0.0494. The Balaban J connectivity index is 2.20. The van der Waals surface area contributed by atoms with Gasteiger partial charge in [-0.25, -0.2) is 14.6 Å². The lowest BCUT2D eigenvalue weighted by atomic mass is 10.00. The van der Waals surface area contributed by atoms with E-state index in [4.69, 9.17) is 9.47 Å². The number of ether oxygens (including phenoxy) is 2. The molecule has 0 spiro atoms. The van der Waals surface area contributed by atoms with E-state index in [0.29, 0.717) is 18.5 Å². The maximum absolute atomic E-state index is 12.2. The fourth-order valence-electron chi connectivity index (χ4n) is 2.73. The second kappa shape index (κ2) is 10.4. The molecule has 0 bridgehead atoms. The molecule has 1 aromatic carbocycles. The summed E-state index contributed by atoms with van der Waals surface area (Å²) in [7, 11) is 0. The highest BCUT2D eigenvalue weighted by Crippen LogP contribution is 2.30. The van der Waals surface area contributed by atoms with Gasteiger partial charge in [-0.3, -0.25) is 0 Å². The molecule has 2 aromatic rings. The first-order valence-corrected chi connectivity index (χ1v) is 10.4. The highest BCUT2D eigenvalue weighted by atomic mass is 32.1. The molecular weight excluding hydrogens is 392 g/mol. The van der Waals surface area contributed by atoms with Crippen LogP contribution in [-0.4, -0.2) is 41.0 Å². The molecule has 0 saturated carbocycles.